The predicted molar refractivity (Wildman–Crippen MR) is 90.8 cm³/mol. The summed E-state index contributed by atoms with van der Waals surface area (Å²) >= 11 is 5.87. The molecule has 1 aromatic heterocycles. The third-order valence-electron chi connectivity index (χ3n) is 4.18. The SMILES string of the molecule is O=C1CC(c2noc(-c3cc(F)cc(F)c3)n2)CN1c1ccc(Cl)cc1. The Morgan fingerprint density at radius 2 is 1.81 bits per heavy atom. The quantitative estimate of drug-likeness (QED) is 0.688. The number of anilines is 1. The van der Waals surface area contributed by atoms with Crippen molar-refractivity contribution >= 4 is 23.2 Å². The Hall–Kier alpha value is -2.80. The van der Waals surface area contributed by atoms with Crippen molar-refractivity contribution < 1.29 is 18.1 Å². The highest BCUT2D eigenvalue weighted by atomic mass is 35.5. The third-order valence-corrected chi connectivity index (χ3v) is 4.43. The van der Waals surface area contributed by atoms with Crippen LogP contribution in [0.4, 0.5) is 14.5 Å². The van der Waals surface area contributed by atoms with Crippen molar-refractivity contribution in [3.63, 3.8) is 0 Å². The molecule has 8 heteroatoms. The molecule has 0 saturated carbocycles. The molecule has 1 aliphatic rings. The second-order valence-electron chi connectivity index (χ2n) is 6.00. The monoisotopic (exact) mass is 375 g/mol. The van der Waals surface area contributed by atoms with E-state index in [1.807, 2.05) is 0 Å². The van der Waals surface area contributed by atoms with E-state index in [0.29, 0.717) is 17.4 Å². The molecule has 0 N–H and O–H groups in total. The molecule has 1 atom stereocenters. The first-order chi connectivity index (χ1) is 12.5. The maximum absolute atomic E-state index is 13.3. The Balaban J connectivity index is 1.56. The van der Waals surface area contributed by atoms with Crippen molar-refractivity contribution in [2.45, 2.75) is 12.3 Å². The van der Waals surface area contributed by atoms with Crippen molar-refractivity contribution in [3.05, 3.63) is 64.9 Å². The number of amides is 1. The Labute approximate surface area is 152 Å². The summed E-state index contributed by atoms with van der Waals surface area (Å²) in [6.07, 6.45) is 0.221. The van der Waals surface area contributed by atoms with Gasteiger partial charge in [-0.05, 0) is 36.4 Å². The van der Waals surface area contributed by atoms with Crippen LogP contribution in [0.2, 0.25) is 5.02 Å². The van der Waals surface area contributed by atoms with Crippen molar-refractivity contribution in [2.75, 3.05) is 11.4 Å². The van der Waals surface area contributed by atoms with E-state index in [4.69, 9.17) is 16.1 Å². The number of benzene rings is 2. The lowest BCUT2D eigenvalue weighted by atomic mass is 10.1. The third kappa shape index (κ3) is 3.17. The zero-order valence-electron chi connectivity index (χ0n) is 13.3. The van der Waals surface area contributed by atoms with Crippen LogP contribution < -0.4 is 4.90 Å². The van der Waals surface area contributed by atoms with Gasteiger partial charge in [-0.15, -0.1) is 0 Å². The molecule has 1 saturated heterocycles. The maximum atomic E-state index is 13.3. The van der Waals surface area contributed by atoms with Gasteiger partial charge in [0.25, 0.3) is 5.89 Å². The lowest BCUT2D eigenvalue weighted by molar-refractivity contribution is -0.117. The van der Waals surface area contributed by atoms with Gasteiger partial charge in [-0.1, -0.05) is 16.8 Å². The van der Waals surface area contributed by atoms with Crippen molar-refractivity contribution in [1.29, 1.82) is 0 Å². The normalized spacial score (nSPS) is 17.1. The number of carbonyl (C=O) groups excluding carboxylic acids is 1. The van der Waals surface area contributed by atoms with Crippen LogP contribution in [0.1, 0.15) is 18.2 Å². The summed E-state index contributed by atoms with van der Waals surface area (Å²) in [5.74, 6) is -1.46. The van der Waals surface area contributed by atoms with Gasteiger partial charge in [0.1, 0.15) is 11.6 Å². The van der Waals surface area contributed by atoms with E-state index in [1.54, 1.807) is 29.2 Å². The van der Waals surface area contributed by atoms with Crippen LogP contribution in [0.5, 0.6) is 0 Å². The minimum absolute atomic E-state index is 0.00999. The standard InChI is InChI=1S/C18H12ClF2N3O2/c19-12-1-3-15(4-2-12)24-9-11(7-16(24)25)17-22-18(26-23-17)10-5-13(20)8-14(21)6-10/h1-6,8,11H,7,9H2. The molecule has 1 fully saturated rings. The summed E-state index contributed by atoms with van der Waals surface area (Å²) in [7, 11) is 0. The Morgan fingerprint density at radius 1 is 1.12 bits per heavy atom. The summed E-state index contributed by atoms with van der Waals surface area (Å²) in [5, 5.41) is 4.46. The number of carbonyl (C=O) groups is 1. The molecule has 1 amide bonds. The van der Waals surface area contributed by atoms with Crippen molar-refractivity contribution in [2.24, 2.45) is 0 Å². The van der Waals surface area contributed by atoms with Gasteiger partial charge in [-0.2, -0.15) is 4.98 Å². The number of hydrogen-bond acceptors (Lipinski definition) is 4. The molecule has 0 aliphatic carbocycles. The van der Waals surface area contributed by atoms with E-state index in [9.17, 15) is 13.6 Å². The largest absolute Gasteiger partial charge is 0.334 e. The van der Waals surface area contributed by atoms with Gasteiger partial charge in [0, 0.05) is 41.2 Å². The van der Waals surface area contributed by atoms with Crippen LogP contribution in [0.25, 0.3) is 11.5 Å². The first kappa shape index (κ1) is 16.7. The molecule has 0 radical (unpaired) electrons. The molecule has 0 bridgehead atoms. The number of hydrogen-bond donors (Lipinski definition) is 0. The molecule has 2 heterocycles. The van der Waals surface area contributed by atoms with Crippen LogP contribution in [0.15, 0.2) is 47.0 Å². The van der Waals surface area contributed by atoms with E-state index < -0.39 is 11.6 Å². The van der Waals surface area contributed by atoms with Gasteiger partial charge < -0.3 is 9.42 Å². The molecule has 132 valence electrons. The fourth-order valence-corrected chi connectivity index (χ4v) is 3.07. The molecular weight excluding hydrogens is 364 g/mol. The maximum Gasteiger partial charge on any atom is 0.258 e. The van der Waals surface area contributed by atoms with E-state index in [-0.39, 0.29) is 29.7 Å². The highest BCUT2D eigenvalue weighted by Crippen LogP contribution is 2.32. The average molecular weight is 376 g/mol. The molecule has 3 aromatic rings. The van der Waals surface area contributed by atoms with Gasteiger partial charge >= 0.3 is 0 Å². The average Bonchev–Trinajstić information content (AvgIpc) is 3.22. The van der Waals surface area contributed by atoms with Crippen LogP contribution in [0, 0.1) is 11.6 Å². The van der Waals surface area contributed by atoms with Crippen molar-refractivity contribution in [1.82, 2.24) is 10.1 Å². The number of halogens is 3. The topological polar surface area (TPSA) is 59.2 Å². The van der Waals surface area contributed by atoms with Gasteiger partial charge in [0.2, 0.25) is 5.91 Å². The zero-order chi connectivity index (χ0) is 18.3. The summed E-state index contributed by atoms with van der Waals surface area (Å²) in [6.45, 7) is 0.386. The zero-order valence-corrected chi connectivity index (χ0v) is 14.1. The van der Waals surface area contributed by atoms with E-state index in [1.165, 1.54) is 0 Å². The Kier molecular flexibility index (Phi) is 4.16. The Morgan fingerprint density at radius 3 is 2.50 bits per heavy atom. The molecule has 1 aliphatic heterocycles. The van der Waals surface area contributed by atoms with Gasteiger partial charge in [0.15, 0.2) is 5.82 Å². The minimum atomic E-state index is -0.732. The predicted octanol–water partition coefficient (Wildman–Crippen LogP) is 4.19. The van der Waals surface area contributed by atoms with E-state index >= 15 is 0 Å². The Bertz CT molecular complexity index is 955. The first-order valence-electron chi connectivity index (χ1n) is 7.85. The van der Waals surface area contributed by atoms with Crippen LogP contribution in [-0.4, -0.2) is 22.6 Å². The lowest BCUT2D eigenvalue weighted by Gasteiger charge is -2.16. The highest BCUT2D eigenvalue weighted by Gasteiger charge is 2.34. The van der Waals surface area contributed by atoms with Gasteiger partial charge in [0.05, 0.1) is 0 Å². The first-order valence-corrected chi connectivity index (χ1v) is 8.23. The fraction of sp³-hybridized carbons (Fsp3) is 0.167. The van der Waals surface area contributed by atoms with E-state index in [0.717, 1.165) is 23.9 Å². The molecule has 1 unspecified atom stereocenters. The number of nitrogens with zero attached hydrogens (tertiary/aromatic N) is 3. The van der Waals surface area contributed by atoms with Gasteiger partial charge in [-0.3, -0.25) is 4.79 Å². The molecule has 26 heavy (non-hydrogen) atoms. The molecular formula is C18H12ClF2N3O2. The molecule has 0 spiro atoms. The molecule has 2 aromatic carbocycles. The smallest absolute Gasteiger partial charge is 0.258 e. The molecule has 5 nitrogen and oxygen atoms in total. The molecule has 4 rings (SSSR count). The summed E-state index contributed by atoms with van der Waals surface area (Å²) < 4.78 is 31.8. The van der Waals surface area contributed by atoms with Crippen LogP contribution in [0.3, 0.4) is 0 Å². The second-order valence-corrected chi connectivity index (χ2v) is 6.43. The van der Waals surface area contributed by atoms with Gasteiger partial charge in [-0.25, -0.2) is 8.78 Å². The fourth-order valence-electron chi connectivity index (χ4n) is 2.95. The van der Waals surface area contributed by atoms with Crippen molar-refractivity contribution in [3.8, 4) is 11.5 Å². The summed E-state index contributed by atoms with van der Waals surface area (Å²) in [6, 6.07) is 9.94. The number of aromatic nitrogens is 2. The van der Waals surface area contributed by atoms with Crippen LogP contribution >= 0.6 is 11.6 Å². The highest BCUT2D eigenvalue weighted by molar-refractivity contribution is 6.30. The lowest BCUT2D eigenvalue weighted by Crippen LogP contribution is -2.24. The second kappa shape index (κ2) is 6.49. The summed E-state index contributed by atoms with van der Waals surface area (Å²) in [4.78, 5) is 18.2. The minimum Gasteiger partial charge on any atom is -0.334 e. The number of rotatable bonds is 3. The van der Waals surface area contributed by atoms with E-state index in [2.05, 4.69) is 10.1 Å². The summed E-state index contributed by atoms with van der Waals surface area (Å²) in [5.41, 5.74) is 0.887. The van der Waals surface area contributed by atoms with Crippen LogP contribution in [-0.2, 0) is 4.79 Å².